The first-order chi connectivity index (χ1) is 12.2. The molecule has 0 bridgehead atoms. The molecule has 4 nitrogen and oxygen atoms in total. The van der Waals surface area contributed by atoms with Crippen molar-refractivity contribution in [2.24, 2.45) is 0 Å². The highest BCUT2D eigenvalue weighted by Gasteiger charge is 2.04. The summed E-state index contributed by atoms with van der Waals surface area (Å²) in [5.41, 5.74) is 2.83. The predicted molar refractivity (Wildman–Crippen MR) is 98.7 cm³/mol. The minimum atomic E-state index is -0.231. The van der Waals surface area contributed by atoms with Crippen LogP contribution < -0.4 is 10.1 Å². The van der Waals surface area contributed by atoms with E-state index in [-0.39, 0.29) is 18.9 Å². The molecule has 0 saturated heterocycles. The lowest BCUT2D eigenvalue weighted by molar-refractivity contribution is -0.116. The third kappa shape index (κ3) is 4.68. The molecule has 3 aromatic rings. The normalized spacial score (nSPS) is 10.3. The Morgan fingerprint density at radius 3 is 2.28 bits per heavy atom. The summed E-state index contributed by atoms with van der Waals surface area (Å²) in [4.78, 5) is 11.6. The van der Waals surface area contributed by atoms with Gasteiger partial charge in [0.05, 0.1) is 13.0 Å². The van der Waals surface area contributed by atoms with Crippen LogP contribution in [-0.2, 0) is 4.79 Å². The molecule has 0 unspecified atom stereocenters. The molecule has 126 valence electrons. The van der Waals surface area contributed by atoms with Crippen LogP contribution in [0.3, 0.4) is 0 Å². The van der Waals surface area contributed by atoms with Crippen molar-refractivity contribution >= 4 is 11.6 Å². The number of nitrogens with one attached hydrogen (secondary N) is 1. The number of ether oxygens (including phenoxy) is 1. The first-order valence-electron chi connectivity index (χ1n) is 8.09. The zero-order valence-corrected chi connectivity index (χ0v) is 13.7. The molecule has 0 aromatic heterocycles. The van der Waals surface area contributed by atoms with Gasteiger partial charge in [-0.05, 0) is 35.4 Å². The molecule has 0 aliphatic heterocycles. The summed E-state index contributed by atoms with van der Waals surface area (Å²) < 4.78 is 5.92. The number of carbonyl (C=O) groups is 1. The molecule has 0 heterocycles. The summed E-state index contributed by atoms with van der Waals surface area (Å²) in [7, 11) is 0. The standard InChI is InChI=1S/C21H19NO3/c23-13-12-21(24)22-18-9-5-11-20(15-18)25-19-10-4-8-17(14-19)16-6-2-1-3-7-16/h1-11,14-15,23H,12-13H2,(H,22,24). The topological polar surface area (TPSA) is 58.6 Å². The van der Waals surface area contributed by atoms with E-state index in [0.29, 0.717) is 11.4 Å². The Morgan fingerprint density at radius 1 is 0.840 bits per heavy atom. The molecule has 0 radical (unpaired) electrons. The molecule has 2 N–H and O–H groups in total. The second-order valence-electron chi connectivity index (χ2n) is 5.55. The van der Waals surface area contributed by atoms with Gasteiger partial charge in [-0.15, -0.1) is 0 Å². The smallest absolute Gasteiger partial charge is 0.226 e. The summed E-state index contributed by atoms with van der Waals surface area (Å²) in [6.45, 7) is -0.172. The molecule has 0 atom stereocenters. The second-order valence-corrected chi connectivity index (χ2v) is 5.55. The van der Waals surface area contributed by atoms with Crippen molar-refractivity contribution in [1.29, 1.82) is 0 Å². The summed E-state index contributed by atoms with van der Waals surface area (Å²) in [6.07, 6.45) is 0.0736. The number of amides is 1. The fourth-order valence-corrected chi connectivity index (χ4v) is 2.47. The van der Waals surface area contributed by atoms with Gasteiger partial charge in [0.2, 0.25) is 5.91 Å². The van der Waals surface area contributed by atoms with Gasteiger partial charge in [0.25, 0.3) is 0 Å². The van der Waals surface area contributed by atoms with Crippen LogP contribution in [0, 0.1) is 0 Å². The third-order valence-electron chi connectivity index (χ3n) is 3.63. The van der Waals surface area contributed by atoms with Crippen LogP contribution in [0.1, 0.15) is 6.42 Å². The fraction of sp³-hybridized carbons (Fsp3) is 0.0952. The molecule has 1 amide bonds. The van der Waals surface area contributed by atoms with Crippen molar-refractivity contribution in [1.82, 2.24) is 0 Å². The molecule has 4 heteroatoms. The van der Waals surface area contributed by atoms with Crippen LogP contribution in [0.2, 0.25) is 0 Å². The van der Waals surface area contributed by atoms with Crippen molar-refractivity contribution in [3.63, 3.8) is 0 Å². The summed E-state index contributed by atoms with van der Waals surface area (Å²) in [5, 5.41) is 11.5. The lowest BCUT2D eigenvalue weighted by Crippen LogP contribution is -2.12. The van der Waals surface area contributed by atoms with Crippen LogP contribution in [0.25, 0.3) is 11.1 Å². The lowest BCUT2D eigenvalue weighted by atomic mass is 10.1. The molecule has 0 fully saturated rings. The molecule has 0 spiro atoms. The van der Waals surface area contributed by atoms with Crippen LogP contribution in [0.15, 0.2) is 78.9 Å². The van der Waals surface area contributed by atoms with Crippen molar-refractivity contribution in [2.75, 3.05) is 11.9 Å². The van der Waals surface area contributed by atoms with E-state index in [9.17, 15) is 4.79 Å². The van der Waals surface area contributed by atoms with Crippen LogP contribution in [0.5, 0.6) is 11.5 Å². The summed E-state index contributed by atoms with van der Waals surface area (Å²) in [5.74, 6) is 1.12. The van der Waals surface area contributed by atoms with Gasteiger partial charge in [-0.25, -0.2) is 0 Å². The quantitative estimate of drug-likeness (QED) is 0.700. The lowest BCUT2D eigenvalue weighted by Gasteiger charge is -2.10. The first kappa shape index (κ1) is 16.7. The predicted octanol–water partition coefficient (Wildman–Crippen LogP) is 4.47. The molecule has 3 aromatic carbocycles. The van der Waals surface area contributed by atoms with Gasteiger partial charge in [0, 0.05) is 11.8 Å². The molecule has 3 rings (SSSR count). The SMILES string of the molecule is O=C(CCO)Nc1cccc(Oc2cccc(-c3ccccc3)c2)c1. The average molecular weight is 333 g/mol. The van der Waals surface area contributed by atoms with E-state index >= 15 is 0 Å². The first-order valence-corrected chi connectivity index (χ1v) is 8.09. The fourth-order valence-electron chi connectivity index (χ4n) is 2.47. The van der Waals surface area contributed by atoms with Crippen molar-refractivity contribution in [2.45, 2.75) is 6.42 Å². The summed E-state index contributed by atoms with van der Waals surface area (Å²) >= 11 is 0. The molecule has 0 saturated carbocycles. The van der Waals surface area contributed by atoms with Gasteiger partial charge in [0.1, 0.15) is 11.5 Å². The largest absolute Gasteiger partial charge is 0.457 e. The highest BCUT2D eigenvalue weighted by Crippen LogP contribution is 2.28. The van der Waals surface area contributed by atoms with E-state index in [1.165, 1.54) is 0 Å². The Bertz CT molecular complexity index is 847. The Kier molecular flexibility index (Phi) is 5.44. The third-order valence-corrected chi connectivity index (χ3v) is 3.63. The number of benzene rings is 3. The average Bonchev–Trinajstić information content (AvgIpc) is 2.63. The van der Waals surface area contributed by atoms with E-state index < -0.39 is 0 Å². The number of carbonyl (C=O) groups excluding carboxylic acids is 1. The monoisotopic (exact) mass is 333 g/mol. The molecular weight excluding hydrogens is 314 g/mol. The highest BCUT2D eigenvalue weighted by atomic mass is 16.5. The van der Waals surface area contributed by atoms with E-state index in [2.05, 4.69) is 17.4 Å². The number of rotatable bonds is 6. The molecule has 0 aliphatic rings. The Hall–Kier alpha value is -3.11. The van der Waals surface area contributed by atoms with Gasteiger partial charge >= 0.3 is 0 Å². The maximum atomic E-state index is 11.6. The Balaban J connectivity index is 1.75. The van der Waals surface area contributed by atoms with Crippen LogP contribution in [0.4, 0.5) is 5.69 Å². The van der Waals surface area contributed by atoms with Crippen LogP contribution >= 0.6 is 0 Å². The summed E-state index contributed by atoms with van der Waals surface area (Å²) in [6, 6.07) is 25.1. The number of hydrogen-bond acceptors (Lipinski definition) is 3. The van der Waals surface area contributed by atoms with Crippen molar-refractivity contribution < 1.29 is 14.6 Å². The van der Waals surface area contributed by atoms with Crippen LogP contribution in [-0.4, -0.2) is 17.6 Å². The maximum Gasteiger partial charge on any atom is 0.226 e. The van der Waals surface area contributed by atoms with E-state index in [1.54, 1.807) is 12.1 Å². The maximum absolute atomic E-state index is 11.6. The van der Waals surface area contributed by atoms with E-state index in [0.717, 1.165) is 16.9 Å². The van der Waals surface area contributed by atoms with Gasteiger partial charge in [0.15, 0.2) is 0 Å². The Labute approximate surface area is 146 Å². The van der Waals surface area contributed by atoms with Gasteiger partial charge in [-0.1, -0.05) is 48.5 Å². The number of hydrogen-bond donors (Lipinski definition) is 2. The minimum absolute atomic E-state index is 0.0736. The Morgan fingerprint density at radius 2 is 1.52 bits per heavy atom. The van der Waals surface area contributed by atoms with E-state index in [1.807, 2.05) is 54.6 Å². The minimum Gasteiger partial charge on any atom is -0.457 e. The zero-order chi connectivity index (χ0) is 17.5. The molecule has 25 heavy (non-hydrogen) atoms. The zero-order valence-electron chi connectivity index (χ0n) is 13.7. The second kappa shape index (κ2) is 8.13. The highest BCUT2D eigenvalue weighted by molar-refractivity contribution is 5.90. The van der Waals surface area contributed by atoms with Gasteiger partial charge in [-0.2, -0.15) is 0 Å². The number of aliphatic hydroxyl groups excluding tert-OH is 1. The van der Waals surface area contributed by atoms with Crippen molar-refractivity contribution in [3.8, 4) is 22.6 Å². The number of aliphatic hydroxyl groups is 1. The van der Waals surface area contributed by atoms with Gasteiger partial charge in [-0.3, -0.25) is 4.79 Å². The molecular formula is C21H19NO3. The number of anilines is 1. The van der Waals surface area contributed by atoms with Crippen molar-refractivity contribution in [3.05, 3.63) is 78.9 Å². The molecule has 0 aliphatic carbocycles. The van der Waals surface area contributed by atoms with E-state index in [4.69, 9.17) is 9.84 Å². The van der Waals surface area contributed by atoms with Gasteiger partial charge < -0.3 is 15.2 Å².